The van der Waals surface area contributed by atoms with Crippen LogP contribution in [0.5, 0.6) is 0 Å². The van der Waals surface area contributed by atoms with E-state index in [0.717, 1.165) is 6.54 Å². The SMILES string of the molecule is CNCCC#Cc1cc([N+](=O)[O-])cc(C)c1N. The van der Waals surface area contributed by atoms with Gasteiger partial charge in [0.1, 0.15) is 0 Å². The zero-order valence-corrected chi connectivity index (χ0v) is 9.91. The van der Waals surface area contributed by atoms with E-state index in [1.54, 1.807) is 6.92 Å². The topological polar surface area (TPSA) is 81.2 Å². The predicted octanol–water partition coefficient (Wildman–Crippen LogP) is 1.45. The van der Waals surface area contributed by atoms with Gasteiger partial charge in [0, 0.05) is 25.1 Å². The van der Waals surface area contributed by atoms with Gasteiger partial charge in [0.25, 0.3) is 5.69 Å². The molecule has 0 bridgehead atoms. The van der Waals surface area contributed by atoms with Crippen molar-refractivity contribution >= 4 is 11.4 Å². The van der Waals surface area contributed by atoms with Crippen LogP contribution in [0.25, 0.3) is 0 Å². The largest absolute Gasteiger partial charge is 0.397 e. The average molecular weight is 233 g/mol. The minimum absolute atomic E-state index is 0.0228. The van der Waals surface area contributed by atoms with Crippen LogP contribution in [0.15, 0.2) is 12.1 Å². The van der Waals surface area contributed by atoms with Gasteiger partial charge in [-0.3, -0.25) is 10.1 Å². The number of nitrogens with one attached hydrogen (secondary N) is 1. The van der Waals surface area contributed by atoms with Gasteiger partial charge >= 0.3 is 0 Å². The van der Waals surface area contributed by atoms with Crippen molar-refractivity contribution in [3.63, 3.8) is 0 Å². The molecule has 90 valence electrons. The summed E-state index contributed by atoms with van der Waals surface area (Å²) in [4.78, 5) is 10.3. The van der Waals surface area contributed by atoms with E-state index < -0.39 is 4.92 Å². The van der Waals surface area contributed by atoms with Gasteiger partial charge in [-0.05, 0) is 19.5 Å². The fourth-order valence-electron chi connectivity index (χ4n) is 1.33. The maximum absolute atomic E-state index is 10.7. The highest BCUT2D eigenvalue weighted by Gasteiger charge is 2.10. The number of nitrogens with two attached hydrogens (primary N) is 1. The van der Waals surface area contributed by atoms with E-state index in [4.69, 9.17) is 5.73 Å². The second-order valence-corrected chi connectivity index (χ2v) is 3.64. The van der Waals surface area contributed by atoms with Crippen molar-refractivity contribution in [1.82, 2.24) is 5.32 Å². The third-order valence-corrected chi connectivity index (χ3v) is 2.31. The summed E-state index contributed by atoms with van der Waals surface area (Å²) in [5.41, 5.74) is 7.55. The molecule has 0 saturated carbocycles. The molecular weight excluding hydrogens is 218 g/mol. The summed E-state index contributed by atoms with van der Waals surface area (Å²) in [6.07, 6.45) is 0.678. The van der Waals surface area contributed by atoms with Crippen LogP contribution >= 0.6 is 0 Å². The minimum Gasteiger partial charge on any atom is -0.397 e. The molecule has 0 saturated heterocycles. The molecule has 17 heavy (non-hydrogen) atoms. The number of benzene rings is 1. The second-order valence-electron chi connectivity index (χ2n) is 3.64. The minimum atomic E-state index is -0.439. The quantitative estimate of drug-likeness (QED) is 0.272. The number of hydrogen-bond acceptors (Lipinski definition) is 4. The summed E-state index contributed by atoms with van der Waals surface area (Å²) in [5.74, 6) is 5.79. The summed E-state index contributed by atoms with van der Waals surface area (Å²) < 4.78 is 0. The maximum Gasteiger partial charge on any atom is 0.271 e. The molecule has 0 aliphatic carbocycles. The molecule has 5 heteroatoms. The number of nitro groups is 1. The number of anilines is 1. The molecule has 0 fully saturated rings. The molecule has 1 rings (SSSR count). The lowest BCUT2D eigenvalue weighted by Gasteiger charge is -2.02. The first-order valence-corrected chi connectivity index (χ1v) is 5.24. The number of aryl methyl sites for hydroxylation is 1. The van der Waals surface area contributed by atoms with Crippen LogP contribution in [0.3, 0.4) is 0 Å². The molecule has 0 heterocycles. The Morgan fingerprint density at radius 3 is 2.82 bits per heavy atom. The lowest BCUT2D eigenvalue weighted by Crippen LogP contribution is -2.06. The fourth-order valence-corrected chi connectivity index (χ4v) is 1.33. The number of hydrogen-bond donors (Lipinski definition) is 2. The molecular formula is C12H15N3O2. The Labute approximate surface area is 100 Å². The number of nitrogens with zero attached hydrogens (tertiary/aromatic N) is 1. The number of non-ortho nitro benzene ring substituents is 1. The zero-order valence-electron chi connectivity index (χ0n) is 9.91. The van der Waals surface area contributed by atoms with Crippen molar-refractivity contribution in [2.75, 3.05) is 19.3 Å². The van der Waals surface area contributed by atoms with Gasteiger partial charge in [-0.15, -0.1) is 0 Å². The fraction of sp³-hybridized carbons (Fsp3) is 0.333. The van der Waals surface area contributed by atoms with Gasteiger partial charge in [0.05, 0.1) is 16.2 Å². The molecule has 0 aromatic heterocycles. The number of rotatable bonds is 3. The summed E-state index contributed by atoms with van der Waals surface area (Å²) in [6, 6.07) is 2.86. The second kappa shape index (κ2) is 5.87. The molecule has 0 aliphatic rings. The zero-order chi connectivity index (χ0) is 12.8. The Hall–Kier alpha value is -2.06. The normalized spacial score (nSPS) is 9.53. The Balaban J connectivity index is 3.04. The molecule has 0 atom stereocenters. The van der Waals surface area contributed by atoms with Crippen molar-refractivity contribution in [2.45, 2.75) is 13.3 Å². The molecule has 1 aromatic carbocycles. The van der Waals surface area contributed by atoms with Crippen molar-refractivity contribution in [1.29, 1.82) is 0 Å². The molecule has 0 unspecified atom stereocenters. The Kier molecular flexibility index (Phi) is 4.49. The van der Waals surface area contributed by atoms with Gasteiger partial charge in [0.2, 0.25) is 0 Å². The molecule has 1 aromatic rings. The smallest absolute Gasteiger partial charge is 0.271 e. The van der Waals surface area contributed by atoms with Crippen LogP contribution in [-0.2, 0) is 0 Å². The van der Waals surface area contributed by atoms with Crippen molar-refractivity contribution in [3.8, 4) is 11.8 Å². The summed E-state index contributed by atoms with van der Waals surface area (Å²) in [7, 11) is 1.84. The van der Waals surface area contributed by atoms with Gasteiger partial charge in [-0.25, -0.2) is 0 Å². The van der Waals surface area contributed by atoms with E-state index >= 15 is 0 Å². The van der Waals surface area contributed by atoms with Gasteiger partial charge in [-0.1, -0.05) is 11.8 Å². The van der Waals surface area contributed by atoms with E-state index in [0.29, 0.717) is 23.2 Å². The molecule has 3 N–H and O–H groups in total. The molecule has 5 nitrogen and oxygen atoms in total. The van der Waals surface area contributed by atoms with Gasteiger partial charge < -0.3 is 11.1 Å². The van der Waals surface area contributed by atoms with Crippen molar-refractivity contribution < 1.29 is 4.92 Å². The van der Waals surface area contributed by atoms with E-state index in [9.17, 15) is 10.1 Å². The van der Waals surface area contributed by atoms with Gasteiger partial charge in [-0.2, -0.15) is 0 Å². The van der Waals surface area contributed by atoms with Crippen LogP contribution in [-0.4, -0.2) is 18.5 Å². The van der Waals surface area contributed by atoms with Crippen molar-refractivity contribution in [2.24, 2.45) is 0 Å². The third kappa shape index (κ3) is 3.47. The Morgan fingerprint density at radius 2 is 2.24 bits per heavy atom. The lowest BCUT2D eigenvalue weighted by molar-refractivity contribution is -0.384. The summed E-state index contributed by atoms with van der Waals surface area (Å²) >= 11 is 0. The highest BCUT2D eigenvalue weighted by Crippen LogP contribution is 2.23. The van der Waals surface area contributed by atoms with E-state index in [2.05, 4.69) is 17.2 Å². The van der Waals surface area contributed by atoms with Crippen LogP contribution in [0, 0.1) is 28.9 Å². The third-order valence-electron chi connectivity index (χ3n) is 2.31. The van der Waals surface area contributed by atoms with Gasteiger partial charge in [0.15, 0.2) is 0 Å². The van der Waals surface area contributed by atoms with Crippen molar-refractivity contribution in [3.05, 3.63) is 33.4 Å². The summed E-state index contributed by atoms with van der Waals surface area (Å²) in [6.45, 7) is 2.52. The first kappa shape index (κ1) is 13.0. The van der Waals surface area contributed by atoms with Crippen LogP contribution < -0.4 is 11.1 Å². The summed E-state index contributed by atoms with van der Waals surface area (Å²) in [5, 5.41) is 13.7. The van der Waals surface area contributed by atoms with Crippen LogP contribution in [0.1, 0.15) is 17.5 Å². The highest BCUT2D eigenvalue weighted by molar-refractivity contribution is 5.64. The monoisotopic (exact) mass is 233 g/mol. The predicted molar refractivity (Wildman–Crippen MR) is 67.7 cm³/mol. The number of nitro benzene ring substituents is 1. The Bertz CT molecular complexity index is 487. The van der Waals surface area contributed by atoms with E-state index in [-0.39, 0.29) is 5.69 Å². The number of nitrogen functional groups attached to an aromatic ring is 1. The van der Waals surface area contributed by atoms with Crippen LogP contribution in [0.4, 0.5) is 11.4 Å². The Morgan fingerprint density at radius 1 is 1.53 bits per heavy atom. The average Bonchev–Trinajstić information content (AvgIpc) is 2.29. The molecule has 0 aliphatic heterocycles. The maximum atomic E-state index is 10.7. The van der Waals surface area contributed by atoms with E-state index in [1.165, 1.54) is 12.1 Å². The van der Waals surface area contributed by atoms with E-state index in [1.807, 2.05) is 7.05 Å². The lowest BCUT2D eigenvalue weighted by atomic mass is 10.1. The molecule has 0 spiro atoms. The molecule has 0 radical (unpaired) electrons. The first-order chi connectivity index (χ1) is 8.06. The van der Waals surface area contributed by atoms with Crippen LogP contribution in [0.2, 0.25) is 0 Å². The standard InChI is InChI=1S/C12H15N3O2/c1-9-7-11(15(16)17)8-10(12(9)13)5-3-4-6-14-2/h7-8,14H,4,6,13H2,1-2H3. The highest BCUT2D eigenvalue weighted by atomic mass is 16.6. The molecule has 0 amide bonds. The first-order valence-electron chi connectivity index (χ1n) is 5.24.